The van der Waals surface area contributed by atoms with Gasteiger partial charge in [0.05, 0.1) is 22.4 Å². The predicted molar refractivity (Wildman–Crippen MR) is 91.2 cm³/mol. The van der Waals surface area contributed by atoms with Crippen molar-refractivity contribution < 1.29 is 13.6 Å². The molecule has 2 heterocycles. The van der Waals surface area contributed by atoms with Gasteiger partial charge in [-0.05, 0) is 41.8 Å². The Morgan fingerprint density at radius 3 is 2.72 bits per heavy atom. The molecule has 0 bridgehead atoms. The summed E-state index contributed by atoms with van der Waals surface area (Å²) < 4.78 is 30.1. The molecular weight excluding hydrogens is 396 g/mol. The molecule has 9 heteroatoms. The highest BCUT2D eigenvalue weighted by atomic mass is 79.9. The van der Waals surface area contributed by atoms with E-state index in [4.69, 9.17) is 0 Å². The van der Waals surface area contributed by atoms with Crippen LogP contribution in [0.3, 0.4) is 0 Å². The van der Waals surface area contributed by atoms with Gasteiger partial charge in [-0.1, -0.05) is 0 Å². The average Bonchev–Trinajstić information content (AvgIpc) is 3.24. The van der Waals surface area contributed by atoms with Gasteiger partial charge in [-0.15, -0.1) is 0 Å². The number of hydrogen-bond acceptors (Lipinski definition) is 3. The quantitative estimate of drug-likeness (QED) is 0.696. The van der Waals surface area contributed by atoms with Crippen molar-refractivity contribution in [3.05, 3.63) is 33.8 Å². The van der Waals surface area contributed by atoms with Crippen LogP contribution in [0.5, 0.6) is 0 Å². The third-order valence-electron chi connectivity index (χ3n) is 4.26. The van der Waals surface area contributed by atoms with E-state index >= 15 is 0 Å². The van der Waals surface area contributed by atoms with Crippen LogP contribution >= 0.6 is 15.9 Å². The molecule has 0 saturated heterocycles. The number of carbonyl (C=O) groups is 1. The molecule has 0 N–H and O–H groups in total. The van der Waals surface area contributed by atoms with Crippen LogP contribution in [0.15, 0.2) is 16.7 Å². The zero-order chi connectivity index (χ0) is 18.1. The Labute approximate surface area is 152 Å². The highest BCUT2D eigenvalue weighted by molar-refractivity contribution is 9.10. The summed E-state index contributed by atoms with van der Waals surface area (Å²) in [5.41, 5.74) is 1.20. The van der Waals surface area contributed by atoms with Crippen molar-refractivity contribution in [3.63, 3.8) is 0 Å². The highest BCUT2D eigenvalue weighted by Gasteiger charge is 2.29. The molecule has 0 spiro atoms. The van der Waals surface area contributed by atoms with Crippen LogP contribution < -0.4 is 0 Å². The molecule has 0 radical (unpaired) electrons. The van der Waals surface area contributed by atoms with E-state index in [1.54, 1.807) is 11.7 Å². The normalized spacial score (nSPS) is 14.3. The molecule has 25 heavy (non-hydrogen) atoms. The number of aryl methyl sites for hydroxylation is 1. The Morgan fingerprint density at radius 1 is 1.44 bits per heavy atom. The molecule has 1 saturated carbocycles. The zero-order valence-corrected chi connectivity index (χ0v) is 15.7. The minimum Gasteiger partial charge on any atom is -0.338 e. The Bertz CT molecular complexity index is 769. The number of aromatic nitrogens is 4. The molecule has 3 rings (SSSR count). The SMILES string of the molecule is CCn1cc(Br)c(CN(C)C(=O)Cn2nc(C3CC3)cc2C(F)F)n1. The number of nitrogens with zero attached hydrogens (tertiary/aromatic N) is 5. The monoisotopic (exact) mass is 415 g/mol. The van der Waals surface area contributed by atoms with Crippen molar-refractivity contribution in [2.45, 2.75) is 51.7 Å². The van der Waals surface area contributed by atoms with Crippen LogP contribution in [0.4, 0.5) is 8.78 Å². The first-order valence-corrected chi connectivity index (χ1v) is 9.00. The third kappa shape index (κ3) is 4.08. The summed E-state index contributed by atoms with van der Waals surface area (Å²) in [6.45, 7) is 2.80. The standard InChI is InChI=1S/C16H20BrF2N5O/c1-3-23-7-11(17)13(20-23)8-22(2)15(25)9-24-14(16(18)19)6-12(21-24)10-4-5-10/h6-7,10,16H,3-5,8-9H2,1-2H3. The van der Waals surface area contributed by atoms with Crippen molar-refractivity contribution >= 4 is 21.8 Å². The predicted octanol–water partition coefficient (Wildman–Crippen LogP) is 3.34. The number of rotatable bonds is 7. The summed E-state index contributed by atoms with van der Waals surface area (Å²) in [6, 6.07) is 1.43. The lowest BCUT2D eigenvalue weighted by Gasteiger charge is -2.17. The third-order valence-corrected chi connectivity index (χ3v) is 4.92. The fourth-order valence-corrected chi connectivity index (χ4v) is 3.04. The van der Waals surface area contributed by atoms with Crippen LogP contribution in [0.1, 0.15) is 49.2 Å². The number of amides is 1. The van der Waals surface area contributed by atoms with Crippen LogP contribution in [-0.4, -0.2) is 37.4 Å². The number of halogens is 3. The van der Waals surface area contributed by atoms with Gasteiger partial charge in [0, 0.05) is 25.7 Å². The van der Waals surface area contributed by atoms with Gasteiger partial charge in [-0.25, -0.2) is 8.78 Å². The molecule has 2 aromatic heterocycles. The van der Waals surface area contributed by atoms with Crippen LogP contribution in [0.25, 0.3) is 0 Å². The summed E-state index contributed by atoms with van der Waals surface area (Å²) in [6.07, 6.45) is 1.15. The molecule has 0 aromatic carbocycles. The van der Waals surface area contributed by atoms with E-state index in [1.165, 1.54) is 11.0 Å². The molecule has 0 unspecified atom stereocenters. The van der Waals surface area contributed by atoms with Crippen molar-refractivity contribution in [1.82, 2.24) is 24.5 Å². The maximum Gasteiger partial charge on any atom is 0.280 e. The first kappa shape index (κ1) is 18.0. The Kier molecular flexibility index (Phi) is 5.21. The number of carbonyl (C=O) groups excluding carboxylic acids is 1. The van der Waals surface area contributed by atoms with Gasteiger partial charge in [0.25, 0.3) is 6.43 Å². The molecule has 1 amide bonds. The topological polar surface area (TPSA) is 56.0 Å². The maximum atomic E-state index is 13.2. The lowest BCUT2D eigenvalue weighted by molar-refractivity contribution is -0.131. The molecule has 136 valence electrons. The van der Waals surface area contributed by atoms with E-state index in [1.807, 2.05) is 13.1 Å². The molecular formula is C16H20BrF2N5O. The fourth-order valence-electron chi connectivity index (χ4n) is 2.60. The number of alkyl halides is 2. The van der Waals surface area contributed by atoms with Crippen molar-refractivity contribution in [3.8, 4) is 0 Å². The maximum absolute atomic E-state index is 13.2. The number of hydrogen-bond donors (Lipinski definition) is 0. The van der Waals surface area contributed by atoms with E-state index in [9.17, 15) is 13.6 Å². The van der Waals surface area contributed by atoms with E-state index in [2.05, 4.69) is 26.1 Å². The van der Waals surface area contributed by atoms with E-state index in [0.29, 0.717) is 12.2 Å². The Balaban J connectivity index is 1.69. The van der Waals surface area contributed by atoms with Gasteiger partial charge >= 0.3 is 0 Å². The van der Waals surface area contributed by atoms with Crippen molar-refractivity contribution in [2.75, 3.05) is 7.05 Å². The zero-order valence-electron chi connectivity index (χ0n) is 14.1. The van der Waals surface area contributed by atoms with Gasteiger partial charge < -0.3 is 4.90 Å². The van der Waals surface area contributed by atoms with Crippen LogP contribution in [0, 0.1) is 0 Å². The molecule has 6 nitrogen and oxygen atoms in total. The molecule has 1 fully saturated rings. The summed E-state index contributed by atoms with van der Waals surface area (Å²) >= 11 is 3.42. The fraction of sp³-hybridized carbons (Fsp3) is 0.562. The largest absolute Gasteiger partial charge is 0.338 e. The number of likely N-dealkylation sites (N-methyl/N-ethyl adjacent to an activating group) is 1. The average molecular weight is 416 g/mol. The van der Waals surface area contributed by atoms with Gasteiger partial charge in [0.15, 0.2) is 0 Å². The summed E-state index contributed by atoms with van der Waals surface area (Å²) in [7, 11) is 1.63. The molecule has 1 aliphatic carbocycles. The Hall–Kier alpha value is -1.77. The lowest BCUT2D eigenvalue weighted by atomic mass is 10.3. The van der Waals surface area contributed by atoms with Crippen molar-refractivity contribution in [1.29, 1.82) is 0 Å². The minimum atomic E-state index is -2.65. The molecule has 0 aliphatic heterocycles. The van der Waals surface area contributed by atoms with Crippen LogP contribution in [0.2, 0.25) is 0 Å². The summed E-state index contributed by atoms with van der Waals surface area (Å²) in [4.78, 5) is 13.9. The molecule has 0 atom stereocenters. The van der Waals surface area contributed by atoms with Gasteiger partial charge in [0.1, 0.15) is 12.2 Å². The van der Waals surface area contributed by atoms with Gasteiger partial charge in [-0.3, -0.25) is 14.2 Å². The first-order valence-electron chi connectivity index (χ1n) is 8.20. The second-order valence-corrected chi connectivity index (χ2v) is 7.11. The van der Waals surface area contributed by atoms with E-state index in [-0.39, 0.29) is 24.1 Å². The minimum absolute atomic E-state index is 0.194. The van der Waals surface area contributed by atoms with Gasteiger partial charge in [-0.2, -0.15) is 10.2 Å². The smallest absolute Gasteiger partial charge is 0.280 e. The molecule has 2 aromatic rings. The summed E-state index contributed by atoms with van der Waals surface area (Å²) in [5.74, 6) is -0.0224. The molecule has 1 aliphatic rings. The highest BCUT2D eigenvalue weighted by Crippen LogP contribution is 2.40. The van der Waals surface area contributed by atoms with Crippen LogP contribution in [-0.2, 0) is 24.4 Å². The van der Waals surface area contributed by atoms with Gasteiger partial charge in [0.2, 0.25) is 5.91 Å². The summed E-state index contributed by atoms with van der Waals surface area (Å²) in [5, 5.41) is 8.59. The first-order chi connectivity index (χ1) is 11.9. The second kappa shape index (κ2) is 7.23. The van der Waals surface area contributed by atoms with E-state index in [0.717, 1.165) is 34.2 Å². The van der Waals surface area contributed by atoms with Crippen molar-refractivity contribution in [2.24, 2.45) is 0 Å². The second-order valence-electron chi connectivity index (χ2n) is 6.26. The Morgan fingerprint density at radius 2 is 2.16 bits per heavy atom. The lowest BCUT2D eigenvalue weighted by Crippen LogP contribution is -2.31. The van der Waals surface area contributed by atoms with E-state index < -0.39 is 6.43 Å².